The quantitative estimate of drug-likeness (QED) is 0.237. The van der Waals surface area contributed by atoms with Crippen LogP contribution in [0.3, 0.4) is 0 Å². The normalized spacial score (nSPS) is 16.9. The fourth-order valence-electron chi connectivity index (χ4n) is 3.75. The Morgan fingerprint density at radius 3 is 2.22 bits per heavy atom. The second kappa shape index (κ2) is 12.5. The van der Waals surface area contributed by atoms with E-state index in [1.54, 1.807) is 64.8 Å². The van der Waals surface area contributed by atoms with Gasteiger partial charge in [0.15, 0.2) is 0 Å². The van der Waals surface area contributed by atoms with Crippen LogP contribution >= 0.6 is 35.1 Å². The summed E-state index contributed by atoms with van der Waals surface area (Å²) in [6, 6.07) is 13.9. The number of hydrogen-bond acceptors (Lipinski definition) is 8. The zero-order chi connectivity index (χ0) is 26.3. The highest BCUT2D eigenvalue weighted by molar-refractivity contribution is 8.01. The summed E-state index contributed by atoms with van der Waals surface area (Å²) in [7, 11) is 2.67. The largest absolute Gasteiger partial charge is 0.469 e. The lowest BCUT2D eigenvalue weighted by molar-refractivity contribution is -0.148. The highest BCUT2D eigenvalue weighted by Crippen LogP contribution is 2.34. The van der Waals surface area contributed by atoms with Gasteiger partial charge in [0, 0.05) is 22.2 Å². The first-order valence-electron chi connectivity index (χ1n) is 11.1. The predicted molar refractivity (Wildman–Crippen MR) is 142 cm³/mol. The number of carbonyl (C=O) groups excluding carboxylic acids is 3. The Balaban J connectivity index is 1.81. The summed E-state index contributed by atoms with van der Waals surface area (Å²) in [5.74, 6) is -0.474. The zero-order valence-electron chi connectivity index (χ0n) is 20.2. The molecule has 1 amide bonds. The molecule has 3 rings (SSSR count). The monoisotopic (exact) mass is 551 g/mol. The number of hydrogen-bond donors (Lipinski definition) is 0. The van der Waals surface area contributed by atoms with E-state index in [9.17, 15) is 14.4 Å². The standard InChI is InChI=1S/C25H27Cl2N3O5S/c1-25(24(33)35-3)16-29(28-23(25)17-6-8-18(26)9-7-17)15-21(31)30(20-12-10-19(27)11-13-20)36-14-4-5-22(32)34-2/h6-13H,4-5,14-16H2,1-3H3. The van der Waals surface area contributed by atoms with Gasteiger partial charge >= 0.3 is 11.9 Å². The van der Waals surface area contributed by atoms with Crippen molar-refractivity contribution in [2.45, 2.75) is 19.8 Å². The van der Waals surface area contributed by atoms with Gasteiger partial charge in [-0.1, -0.05) is 35.3 Å². The van der Waals surface area contributed by atoms with Crippen LogP contribution in [0.2, 0.25) is 10.0 Å². The van der Waals surface area contributed by atoms with Gasteiger partial charge in [-0.25, -0.2) is 0 Å². The maximum Gasteiger partial charge on any atom is 0.319 e. The molecule has 0 aliphatic carbocycles. The van der Waals surface area contributed by atoms with Gasteiger partial charge in [0.2, 0.25) is 0 Å². The third-order valence-electron chi connectivity index (χ3n) is 5.60. The summed E-state index contributed by atoms with van der Waals surface area (Å²) in [5.41, 5.74) is 0.794. The van der Waals surface area contributed by atoms with E-state index in [0.29, 0.717) is 39.2 Å². The molecule has 0 fully saturated rings. The van der Waals surface area contributed by atoms with Crippen LogP contribution in [0.1, 0.15) is 25.3 Å². The van der Waals surface area contributed by atoms with Gasteiger partial charge in [0.25, 0.3) is 5.91 Å². The number of rotatable bonds is 10. The fourth-order valence-corrected chi connectivity index (χ4v) is 4.93. The number of benzene rings is 2. The summed E-state index contributed by atoms with van der Waals surface area (Å²) in [6.45, 7) is 1.84. The van der Waals surface area contributed by atoms with Crippen LogP contribution in [0, 0.1) is 5.41 Å². The molecule has 2 aromatic carbocycles. The van der Waals surface area contributed by atoms with Crippen LogP contribution < -0.4 is 4.31 Å². The minimum absolute atomic E-state index is 0.0731. The average molecular weight is 552 g/mol. The zero-order valence-corrected chi connectivity index (χ0v) is 22.5. The summed E-state index contributed by atoms with van der Waals surface area (Å²) in [4.78, 5) is 37.6. The van der Waals surface area contributed by atoms with Gasteiger partial charge < -0.3 is 9.47 Å². The van der Waals surface area contributed by atoms with E-state index < -0.39 is 11.4 Å². The molecule has 11 heteroatoms. The Morgan fingerprint density at radius 2 is 1.64 bits per heavy atom. The number of halogens is 2. The number of nitrogens with zero attached hydrogens (tertiary/aromatic N) is 3. The fraction of sp³-hybridized carbons (Fsp3) is 0.360. The Bertz CT molecular complexity index is 1130. The van der Waals surface area contributed by atoms with Gasteiger partial charge in [-0.2, -0.15) is 5.10 Å². The van der Waals surface area contributed by atoms with Gasteiger partial charge in [-0.05, 0) is 67.3 Å². The second-order valence-corrected chi connectivity index (χ2v) is 10.2. The Labute approximate surface area is 224 Å². The van der Waals surface area contributed by atoms with E-state index in [0.717, 1.165) is 0 Å². The van der Waals surface area contributed by atoms with Gasteiger partial charge in [0.1, 0.15) is 12.0 Å². The van der Waals surface area contributed by atoms with Crippen LogP contribution in [0.15, 0.2) is 53.6 Å². The molecule has 1 atom stereocenters. The number of amides is 1. The van der Waals surface area contributed by atoms with Crippen molar-refractivity contribution in [2.75, 3.05) is 37.4 Å². The second-order valence-electron chi connectivity index (χ2n) is 8.28. The highest BCUT2D eigenvalue weighted by Gasteiger charge is 2.47. The molecule has 0 spiro atoms. The molecule has 0 bridgehead atoms. The van der Waals surface area contributed by atoms with E-state index in [1.807, 2.05) is 0 Å². The van der Waals surface area contributed by atoms with Crippen molar-refractivity contribution in [2.24, 2.45) is 10.5 Å². The molecule has 1 aliphatic heterocycles. The van der Waals surface area contributed by atoms with E-state index in [4.69, 9.17) is 27.9 Å². The molecule has 0 aromatic heterocycles. The molecule has 192 valence electrons. The van der Waals surface area contributed by atoms with Gasteiger partial charge in [-0.3, -0.25) is 23.7 Å². The lowest BCUT2D eigenvalue weighted by atomic mass is 9.82. The first kappa shape index (κ1) is 27.8. The molecule has 0 saturated carbocycles. The number of methoxy groups -OCH3 is 2. The van der Waals surface area contributed by atoms with Crippen LogP contribution in [-0.4, -0.2) is 61.6 Å². The minimum Gasteiger partial charge on any atom is -0.469 e. The smallest absolute Gasteiger partial charge is 0.319 e. The lowest BCUT2D eigenvalue weighted by Crippen LogP contribution is -2.42. The molecule has 0 radical (unpaired) electrons. The summed E-state index contributed by atoms with van der Waals surface area (Å²) in [6.07, 6.45) is 0.794. The van der Waals surface area contributed by atoms with Crippen LogP contribution in [-0.2, 0) is 23.9 Å². The number of carbonyl (C=O) groups is 3. The van der Waals surface area contributed by atoms with Crippen molar-refractivity contribution in [1.29, 1.82) is 0 Å². The molecule has 1 heterocycles. The Hall–Kier alpha value is -2.75. The molecule has 0 saturated heterocycles. The predicted octanol–water partition coefficient (Wildman–Crippen LogP) is 4.83. The van der Waals surface area contributed by atoms with Crippen LogP contribution in [0.25, 0.3) is 0 Å². The third kappa shape index (κ3) is 6.72. The first-order valence-corrected chi connectivity index (χ1v) is 12.8. The SMILES string of the molecule is COC(=O)CCCSN(C(=O)CN1CC(C)(C(=O)OC)C(c2ccc(Cl)cc2)=N1)c1ccc(Cl)cc1. The molecule has 36 heavy (non-hydrogen) atoms. The van der Waals surface area contributed by atoms with Crippen molar-refractivity contribution in [3.05, 3.63) is 64.1 Å². The van der Waals surface area contributed by atoms with E-state index >= 15 is 0 Å². The van der Waals surface area contributed by atoms with Crippen LogP contribution in [0.5, 0.6) is 0 Å². The van der Waals surface area contributed by atoms with Crippen molar-refractivity contribution in [3.63, 3.8) is 0 Å². The molecule has 0 N–H and O–H groups in total. The molecule has 2 aromatic rings. The van der Waals surface area contributed by atoms with Gasteiger partial charge in [0.05, 0.1) is 32.2 Å². The number of esters is 2. The lowest BCUT2D eigenvalue weighted by Gasteiger charge is -2.26. The van der Waals surface area contributed by atoms with Crippen molar-refractivity contribution >= 4 is 64.4 Å². The average Bonchev–Trinajstić information content (AvgIpc) is 3.21. The Kier molecular flexibility index (Phi) is 9.64. The van der Waals surface area contributed by atoms with E-state index in [2.05, 4.69) is 9.84 Å². The molecular weight excluding hydrogens is 525 g/mol. The molecule has 1 aliphatic rings. The molecule has 1 unspecified atom stereocenters. The Morgan fingerprint density at radius 1 is 1.03 bits per heavy atom. The maximum atomic E-state index is 13.4. The molecular formula is C25H27Cl2N3O5S. The van der Waals surface area contributed by atoms with Crippen molar-refractivity contribution in [3.8, 4) is 0 Å². The minimum atomic E-state index is -1.07. The molecule has 8 nitrogen and oxygen atoms in total. The topological polar surface area (TPSA) is 88.5 Å². The summed E-state index contributed by atoms with van der Waals surface area (Å²) < 4.78 is 11.3. The summed E-state index contributed by atoms with van der Waals surface area (Å²) in [5, 5.41) is 7.32. The first-order chi connectivity index (χ1) is 17.2. The number of ether oxygens (including phenoxy) is 2. The summed E-state index contributed by atoms with van der Waals surface area (Å²) >= 11 is 13.3. The highest BCUT2D eigenvalue weighted by atomic mass is 35.5. The van der Waals surface area contributed by atoms with E-state index in [1.165, 1.54) is 26.2 Å². The number of anilines is 1. The van der Waals surface area contributed by atoms with Crippen molar-refractivity contribution < 1.29 is 23.9 Å². The van der Waals surface area contributed by atoms with Crippen molar-refractivity contribution in [1.82, 2.24) is 5.01 Å². The number of hydrazone groups is 1. The van der Waals surface area contributed by atoms with Gasteiger partial charge in [-0.15, -0.1) is 0 Å². The van der Waals surface area contributed by atoms with E-state index in [-0.39, 0.29) is 31.4 Å². The third-order valence-corrected chi connectivity index (χ3v) is 7.24. The van der Waals surface area contributed by atoms with Crippen LogP contribution in [0.4, 0.5) is 5.69 Å². The maximum absolute atomic E-state index is 13.4.